The molecule has 1 aliphatic rings. The Hall–Kier alpha value is -1.85. The van der Waals surface area contributed by atoms with Gasteiger partial charge in [0.2, 0.25) is 0 Å². The molecule has 5 heteroatoms. The van der Waals surface area contributed by atoms with Crippen LogP contribution in [0, 0.1) is 0 Å². The lowest BCUT2D eigenvalue weighted by atomic mass is 9.84. The van der Waals surface area contributed by atoms with Crippen LogP contribution in [0.2, 0.25) is 0 Å². The Morgan fingerprint density at radius 3 is 2.50 bits per heavy atom. The Morgan fingerprint density at radius 1 is 1.12 bits per heavy atom. The van der Waals surface area contributed by atoms with Crippen LogP contribution in [0.15, 0.2) is 53.0 Å². The summed E-state index contributed by atoms with van der Waals surface area (Å²) in [6, 6.07) is 15.3. The smallest absolute Gasteiger partial charge is 0.340 e. The summed E-state index contributed by atoms with van der Waals surface area (Å²) >= 11 is 3.43. The second-order valence-corrected chi connectivity index (χ2v) is 6.70. The molecule has 0 aliphatic carbocycles. The molecule has 126 valence electrons. The average Bonchev–Trinajstić information content (AvgIpc) is 2.63. The highest BCUT2D eigenvalue weighted by Crippen LogP contribution is 2.36. The first-order valence-electron chi connectivity index (χ1n) is 7.98. The normalized spacial score (nSPS) is 16.4. The van der Waals surface area contributed by atoms with E-state index in [1.807, 2.05) is 30.3 Å². The number of hydrogen-bond donors (Lipinski definition) is 1. The van der Waals surface area contributed by atoms with Crippen molar-refractivity contribution in [2.75, 3.05) is 20.2 Å². The van der Waals surface area contributed by atoms with Crippen molar-refractivity contribution in [3.63, 3.8) is 0 Å². The molecule has 0 aromatic heterocycles. The van der Waals surface area contributed by atoms with E-state index in [4.69, 9.17) is 9.47 Å². The molecule has 1 aliphatic heterocycles. The van der Waals surface area contributed by atoms with Crippen molar-refractivity contribution in [1.82, 2.24) is 5.32 Å². The predicted molar refractivity (Wildman–Crippen MR) is 96.3 cm³/mol. The molecular weight excluding hydrogens is 370 g/mol. The zero-order chi connectivity index (χ0) is 17.0. The van der Waals surface area contributed by atoms with E-state index in [2.05, 4.69) is 21.2 Å². The highest BCUT2D eigenvalue weighted by Gasteiger charge is 2.38. The van der Waals surface area contributed by atoms with Crippen molar-refractivity contribution in [1.29, 1.82) is 0 Å². The summed E-state index contributed by atoms with van der Waals surface area (Å²) in [6.45, 7) is 1.64. The lowest BCUT2D eigenvalue weighted by molar-refractivity contribution is -0.0379. The van der Waals surface area contributed by atoms with Gasteiger partial charge in [-0.1, -0.05) is 30.3 Å². The standard InChI is InChI=1S/C19H20BrNO3/c1-23-15-7-8-17(20)16(13-15)18(22)24-19(9-11-21-12-10-19)14-5-3-2-4-6-14/h2-8,13,21H,9-12H2,1H3. The number of rotatable bonds is 4. The first kappa shape index (κ1) is 17.0. The van der Waals surface area contributed by atoms with Crippen LogP contribution in [0.3, 0.4) is 0 Å². The van der Waals surface area contributed by atoms with Gasteiger partial charge in [-0.15, -0.1) is 0 Å². The van der Waals surface area contributed by atoms with Gasteiger partial charge in [-0.3, -0.25) is 0 Å². The first-order chi connectivity index (χ1) is 11.6. The molecule has 4 nitrogen and oxygen atoms in total. The number of esters is 1. The van der Waals surface area contributed by atoms with E-state index >= 15 is 0 Å². The SMILES string of the molecule is COc1ccc(Br)c(C(=O)OC2(c3ccccc3)CCNCC2)c1. The fourth-order valence-corrected chi connectivity index (χ4v) is 3.45. The molecule has 0 bridgehead atoms. The molecule has 24 heavy (non-hydrogen) atoms. The molecule has 2 aromatic rings. The maximum atomic E-state index is 12.9. The first-order valence-corrected chi connectivity index (χ1v) is 8.77. The van der Waals surface area contributed by atoms with Gasteiger partial charge in [0.05, 0.1) is 12.7 Å². The van der Waals surface area contributed by atoms with Crippen LogP contribution in [0.4, 0.5) is 0 Å². The molecule has 1 saturated heterocycles. The van der Waals surface area contributed by atoms with Crippen LogP contribution in [-0.2, 0) is 10.3 Å². The van der Waals surface area contributed by atoms with Crippen molar-refractivity contribution in [3.05, 3.63) is 64.1 Å². The van der Waals surface area contributed by atoms with E-state index in [0.717, 1.165) is 31.5 Å². The van der Waals surface area contributed by atoms with Gasteiger partial charge in [0.15, 0.2) is 0 Å². The largest absolute Gasteiger partial charge is 0.497 e. The molecule has 0 amide bonds. The maximum absolute atomic E-state index is 12.9. The maximum Gasteiger partial charge on any atom is 0.340 e. The number of piperidine rings is 1. The summed E-state index contributed by atoms with van der Waals surface area (Å²) in [5.74, 6) is 0.288. The lowest BCUT2D eigenvalue weighted by Gasteiger charge is -2.37. The minimum atomic E-state index is -0.591. The summed E-state index contributed by atoms with van der Waals surface area (Å²) < 4.78 is 12.0. The number of nitrogens with one attached hydrogen (secondary N) is 1. The summed E-state index contributed by atoms with van der Waals surface area (Å²) in [7, 11) is 1.58. The monoisotopic (exact) mass is 389 g/mol. The highest BCUT2D eigenvalue weighted by molar-refractivity contribution is 9.10. The summed E-state index contributed by atoms with van der Waals surface area (Å²) in [5.41, 5.74) is 0.925. The Labute approximate surface area is 150 Å². The quantitative estimate of drug-likeness (QED) is 0.805. The zero-order valence-corrected chi connectivity index (χ0v) is 15.1. The van der Waals surface area contributed by atoms with Crippen molar-refractivity contribution < 1.29 is 14.3 Å². The summed E-state index contributed by atoms with van der Waals surface area (Å²) in [6.07, 6.45) is 1.51. The molecule has 0 unspecified atom stereocenters. The van der Waals surface area contributed by atoms with Gasteiger partial charge in [-0.25, -0.2) is 4.79 Å². The van der Waals surface area contributed by atoms with Gasteiger partial charge in [0.25, 0.3) is 0 Å². The predicted octanol–water partition coefficient (Wildman–Crippen LogP) is 3.89. The van der Waals surface area contributed by atoms with Crippen LogP contribution < -0.4 is 10.1 Å². The highest BCUT2D eigenvalue weighted by atomic mass is 79.9. The molecule has 0 saturated carbocycles. The van der Waals surface area contributed by atoms with Crippen molar-refractivity contribution in [2.45, 2.75) is 18.4 Å². The van der Waals surface area contributed by atoms with Crippen LogP contribution in [-0.4, -0.2) is 26.2 Å². The van der Waals surface area contributed by atoms with Gasteiger partial charge in [0, 0.05) is 17.3 Å². The molecule has 2 aromatic carbocycles. The number of hydrogen-bond acceptors (Lipinski definition) is 4. The van der Waals surface area contributed by atoms with Gasteiger partial charge < -0.3 is 14.8 Å². The Balaban J connectivity index is 1.92. The fourth-order valence-electron chi connectivity index (χ4n) is 3.04. The van der Waals surface area contributed by atoms with Gasteiger partial charge in [0.1, 0.15) is 11.4 Å². The van der Waals surface area contributed by atoms with E-state index in [-0.39, 0.29) is 5.97 Å². The zero-order valence-electron chi connectivity index (χ0n) is 13.5. The van der Waals surface area contributed by atoms with Crippen LogP contribution >= 0.6 is 15.9 Å². The van der Waals surface area contributed by atoms with Gasteiger partial charge in [-0.2, -0.15) is 0 Å². The van der Waals surface area contributed by atoms with Crippen molar-refractivity contribution >= 4 is 21.9 Å². The fraction of sp³-hybridized carbons (Fsp3) is 0.316. The average molecular weight is 390 g/mol. The Morgan fingerprint density at radius 2 is 1.83 bits per heavy atom. The van der Waals surface area contributed by atoms with Crippen LogP contribution in [0.1, 0.15) is 28.8 Å². The third-order valence-electron chi connectivity index (χ3n) is 4.39. The number of carbonyl (C=O) groups excluding carboxylic acids is 1. The lowest BCUT2D eigenvalue weighted by Crippen LogP contribution is -2.43. The third-order valence-corrected chi connectivity index (χ3v) is 5.08. The third kappa shape index (κ3) is 3.47. The van der Waals surface area contributed by atoms with E-state index in [1.165, 1.54) is 0 Å². The molecule has 0 radical (unpaired) electrons. The van der Waals surface area contributed by atoms with E-state index in [0.29, 0.717) is 15.8 Å². The molecule has 1 fully saturated rings. The van der Waals surface area contributed by atoms with E-state index < -0.39 is 5.60 Å². The molecule has 1 heterocycles. The number of ether oxygens (including phenoxy) is 2. The molecular formula is C19H20BrNO3. The number of halogens is 1. The van der Waals surface area contributed by atoms with E-state index in [9.17, 15) is 4.79 Å². The topological polar surface area (TPSA) is 47.6 Å². The Bertz CT molecular complexity index is 712. The number of carbonyl (C=O) groups is 1. The molecule has 1 N–H and O–H groups in total. The summed E-state index contributed by atoms with van der Waals surface area (Å²) in [4.78, 5) is 12.9. The molecule has 0 spiro atoms. The van der Waals surface area contributed by atoms with Crippen LogP contribution in [0.5, 0.6) is 5.75 Å². The number of benzene rings is 2. The summed E-state index contributed by atoms with van der Waals surface area (Å²) in [5, 5.41) is 3.33. The minimum Gasteiger partial charge on any atom is -0.497 e. The van der Waals surface area contributed by atoms with Gasteiger partial charge in [-0.05, 0) is 52.8 Å². The minimum absolute atomic E-state index is 0.341. The van der Waals surface area contributed by atoms with Crippen LogP contribution in [0.25, 0.3) is 0 Å². The molecule has 0 atom stereocenters. The van der Waals surface area contributed by atoms with Gasteiger partial charge >= 0.3 is 5.97 Å². The van der Waals surface area contributed by atoms with Crippen molar-refractivity contribution in [2.24, 2.45) is 0 Å². The second kappa shape index (κ2) is 7.36. The number of methoxy groups -OCH3 is 1. The Kier molecular flexibility index (Phi) is 5.21. The molecule has 3 rings (SSSR count). The van der Waals surface area contributed by atoms with Crippen molar-refractivity contribution in [3.8, 4) is 5.75 Å². The van der Waals surface area contributed by atoms with E-state index in [1.54, 1.807) is 25.3 Å². The second-order valence-electron chi connectivity index (χ2n) is 5.85.